The van der Waals surface area contributed by atoms with Crippen molar-refractivity contribution in [3.05, 3.63) is 24.3 Å². The average Bonchev–Trinajstić information content (AvgIpc) is 2.66. The van der Waals surface area contributed by atoms with Gasteiger partial charge in [0.15, 0.2) is 0 Å². The van der Waals surface area contributed by atoms with Crippen LogP contribution >= 0.6 is 0 Å². The number of piperidine rings is 1. The Hall–Kier alpha value is -1.49. The largest absolute Gasteiger partial charge is 0.326 e. The fourth-order valence-electron chi connectivity index (χ4n) is 3.19. The van der Waals surface area contributed by atoms with E-state index in [-0.39, 0.29) is 28.5 Å². The summed E-state index contributed by atoms with van der Waals surface area (Å²) in [7, 11) is -6.82. The lowest BCUT2D eigenvalue weighted by Gasteiger charge is -2.30. The number of nitrogens with zero attached hydrogens (tertiary/aromatic N) is 1. The number of carbonyl (C=O) groups is 1. The summed E-state index contributed by atoms with van der Waals surface area (Å²) in [6, 6.07) is 5.79. The van der Waals surface area contributed by atoms with E-state index in [2.05, 4.69) is 10.0 Å². The molecule has 0 aromatic heterocycles. The van der Waals surface area contributed by atoms with E-state index >= 15 is 0 Å². The second-order valence-corrected chi connectivity index (χ2v) is 11.4. The molecule has 164 valence electrons. The van der Waals surface area contributed by atoms with Crippen molar-refractivity contribution in [2.75, 3.05) is 24.2 Å². The predicted molar refractivity (Wildman–Crippen MR) is 114 cm³/mol. The molecule has 29 heavy (non-hydrogen) atoms. The van der Waals surface area contributed by atoms with Crippen LogP contribution in [-0.4, -0.2) is 51.9 Å². The smallest absolute Gasteiger partial charge is 0.240 e. The van der Waals surface area contributed by atoms with Crippen LogP contribution in [0.4, 0.5) is 5.69 Å². The summed E-state index contributed by atoms with van der Waals surface area (Å²) in [6.45, 7) is 6.14. The highest BCUT2D eigenvalue weighted by atomic mass is 32.2. The van der Waals surface area contributed by atoms with Crippen LogP contribution in [0.2, 0.25) is 0 Å². The topological polar surface area (TPSA) is 113 Å². The first-order valence-electron chi connectivity index (χ1n) is 9.96. The van der Waals surface area contributed by atoms with Gasteiger partial charge in [-0.2, -0.15) is 0 Å². The summed E-state index contributed by atoms with van der Waals surface area (Å²) in [5, 5.41) is 2.80. The molecule has 0 atom stereocenters. The van der Waals surface area contributed by atoms with Crippen molar-refractivity contribution in [3.8, 4) is 0 Å². The molecule has 1 saturated heterocycles. The molecular formula is C19H31N3O5S2. The molecule has 1 amide bonds. The summed E-state index contributed by atoms with van der Waals surface area (Å²) in [5.41, 5.74) is 0.511. The summed E-state index contributed by atoms with van der Waals surface area (Å²) in [5.74, 6) is -0.286. The lowest BCUT2D eigenvalue weighted by molar-refractivity contribution is -0.120. The molecule has 1 fully saturated rings. The maximum absolute atomic E-state index is 12.5. The Morgan fingerprint density at radius 2 is 1.69 bits per heavy atom. The first-order chi connectivity index (χ1) is 13.5. The third-order valence-corrected chi connectivity index (χ3v) is 8.43. The third-order valence-electron chi connectivity index (χ3n) is 4.80. The van der Waals surface area contributed by atoms with Crippen LogP contribution in [0.3, 0.4) is 0 Å². The standard InChI is InChI=1S/C19H31N3O5S2/c1-4-5-14-28(24,25)22-12-10-16(11-13-22)19(23)20-17-6-8-18(9-7-17)29(26,27)21-15(2)3/h6-9,15-16,21H,4-5,10-14H2,1-3H3,(H,20,23). The predicted octanol–water partition coefficient (Wildman–Crippen LogP) is 2.15. The maximum Gasteiger partial charge on any atom is 0.240 e. The van der Waals surface area contributed by atoms with Gasteiger partial charge in [0.1, 0.15) is 0 Å². The summed E-state index contributed by atoms with van der Waals surface area (Å²) >= 11 is 0. The number of carbonyl (C=O) groups excluding carboxylic acids is 1. The van der Waals surface area contributed by atoms with Gasteiger partial charge in [-0.1, -0.05) is 13.3 Å². The van der Waals surface area contributed by atoms with Gasteiger partial charge in [0, 0.05) is 30.7 Å². The quantitative estimate of drug-likeness (QED) is 0.605. The minimum atomic E-state index is -3.58. The van der Waals surface area contributed by atoms with Crippen molar-refractivity contribution in [1.82, 2.24) is 9.03 Å². The molecule has 8 nitrogen and oxygen atoms in total. The number of anilines is 1. The number of sulfonamides is 2. The molecule has 0 spiro atoms. The molecule has 2 N–H and O–H groups in total. The number of amides is 1. The van der Waals surface area contributed by atoms with Crippen molar-refractivity contribution < 1.29 is 21.6 Å². The van der Waals surface area contributed by atoms with E-state index in [0.717, 1.165) is 6.42 Å². The van der Waals surface area contributed by atoms with Gasteiger partial charge in [0.25, 0.3) is 0 Å². The average molecular weight is 446 g/mol. The van der Waals surface area contributed by atoms with Crippen molar-refractivity contribution in [2.24, 2.45) is 5.92 Å². The van der Waals surface area contributed by atoms with E-state index in [4.69, 9.17) is 0 Å². The highest BCUT2D eigenvalue weighted by molar-refractivity contribution is 7.89. The molecule has 1 aliphatic rings. The second-order valence-electron chi connectivity index (χ2n) is 7.63. The van der Waals surface area contributed by atoms with Crippen molar-refractivity contribution in [3.63, 3.8) is 0 Å². The van der Waals surface area contributed by atoms with Crippen LogP contribution in [0.5, 0.6) is 0 Å². The van der Waals surface area contributed by atoms with Gasteiger partial charge < -0.3 is 5.32 Å². The highest BCUT2D eigenvalue weighted by Gasteiger charge is 2.30. The van der Waals surface area contributed by atoms with E-state index in [0.29, 0.717) is 38.0 Å². The number of benzene rings is 1. The normalized spacial score (nSPS) is 16.8. The fourth-order valence-corrected chi connectivity index (χ4v) is 6.12. The van der Waals surface area contributed by atoms with E-state index in [1.807, 2.05) is 6.92 Å². The summed E-state index contributed by atoms with van der Waals surface area (Å²) < 4.78 is 52.8. The minimum absolute atomic E-state index is 0.134. The van der Waals surface area contributed by atoms with Crippen molar-refractivity contribution in [2.45, 2.75) is 57.4 Å². The van der Waals surface area contributed by atoms with Gasteiger partial charge in [-0.25, -0.2) is 25.9 Å². The Labute approximate surface area is 174 Å². The van der Waals surface area contributed by atoms with Crippen LogP contribution in [0.1, 0.15) is 46.5 Å². The van der Waals surface area contributed by atoms with Crippen LogP contribution in [-0.2, 0) is 24.8 Å². The molecule has 0 bridgehead atoms. The Morgan fingerprint density at radius 3 is 2.21 bits per heavy atom. The first kappa shape index (κ1) is 23.8. The van der Waals surface area contributed by atoms with Crippen LogP contribution in [0, 0.1) is 5.92 Å². The Balaban J connectivity index is 1.92. The molecule has 1 heterocycles. The molecule has 0 aliphatic carbocycles. The molecule has 1 aromatic carbocycles. The number of hydrogen-bond donors (Lipinski definition) is 2. The van der Waals surface area contributed by atoms with Gasteiger partial charge in [0.05, 0.1) is 10.6 Å². The lowest BCUT2D eigenvalue weighted by Crippen LogP contribution is -2.42. The number of nitrogens with one attached hydrogen (secondary N) is 2. The monoisotopic (exact) mass is 445 g/mol. The van der Waals surface area contributed by atoms with E-state index in [9.17, 15) is 21.6 Å². The number of rotatable bonds is 9. The molecule has 1 aliphatic heterocycles. The van der Waals surface area contributed by atoms with Crippen molar-refractivity contribution in [1.29, 1.82) is 0 Å². The van der Waals surface area contributed by atoms with Gasteiger partial charge >= 0.3 is 0 Å². The third kappa shape index (κ3) is 6.77. The Bertz CT molecular complexity index is 888. The molecular weight excluding hydrogens is 414 g/mol. The molecule has 0 radical (unpaired) electrons. The zero-order valence-electron chi connectivity index (χ0n) is 17.2. The van der Waals surface area contributed by atoms with Gasteiger partial charge in [-0.05, 0) is 57.4 Å². The Kier molecular flexibility index (Phi) is 8.21. The zero-order valence-corrected chi connectivity index (χ0v) is 18.9. The van der Waals surface area contributed by atoms with Crippen LogP contribution < -0.4 is 10.0 Å². The molecule has 0 unspecified atom stereocenters. The minimum Gasteiger partial charge on any atom is -0.326 e. The van der Waals surface area contributed by atoms with E-state index in [1.54, 1.807) is 26.0 Å². The molecule has 10 heteroatoms. The van der Waals surface area contributed by atoms with E-state index in [1.165, 1.54) is 16.4 Å². The molecule has 1 aromatic rings. The second kappa shape index (κ2) is 10.0. The SMILES string of the molecule is CCCCS(=O)(=O)N1CCC(C(=O)Nc2ccc(S(=O)(=O)NC(C)C)cc2)CC1. The van der Waals surface area contributed by atoms with Gasteiger partial charge in [-0.3, -0.25) is 4.79 Å². The van der Waals surface area contributed by atoms with Gasteiger partial charge in [0.2, 0.25) is 26.0 Å². The number of unbranched alkanes of at least 4 members (excludes halogenated alkanes) is 1. The van der Waals surface area contributed by atoms with Gasteiger partial charge in [-0.15, -0.1) is 0 Å². The van der Waals surface area contributed by atoms with Crippen molar-refractivity contribution >= 4 is 31.6 Å². The summed E-state index contributed by atoms with van der Waals surface area (Å²) in [4.78, 5) is 12.6. The van der Waals surface area contributed by atoms with E-state index < -0.39 is 20.0 Å². The molecule has 2 rings (SSSR count). The van der Waals surface area contributed by atoms with Crippen LogP contribution in [0.25, 0.3) is 0 Å². The Morgan fingerprint density at radius 1 is 1.10 bits per heavy atom. The lowest BCUT2D eigenvalue weighted by atomic mass is 9.97. The zero-order chi connectivity index (χ0) is 21.7. The fraction of sp³-hybridized carbons (Fsp3) is 0.632. The highest BCUT2D eigenvalue weighted by Crippen LogP contribution is 2.23. The summed E-state index contributed by atoms with van der Waals surface area (Å²) in [6.07, 6.45) is 2.41. The maximum atomic E-state index is 12.5. The van der Waals surface area contributed by atoms with Crippen LogP contribution in [0.15, 0.2) is 29.2 Å². The number of hydrogen-bond acceptors (Lipinski definition) is 5. The molecule has 0 saturated carbocycles. The first-order valence-corrected chi connectivity index (χ1v) is 13.1.